The average molecular weight is 265 g/mol. The molecule has 0 fully saturated rings. The second-order valence-corrected chi connectivity index (χ2v) is 2.44. The molecular weight excluding hydrogens is 247 g/mol. The molecule has 3 heteroatoms. The molecule has 0 rings (SSSR count). The first-order valence-electron chi connectivity index (χ1n) is 3.86. The molecule has 0 saturated heterocycles. The summed E-state index contributed by atoms with van der Waals surface area (Å²) in [6.45, 7) is 7.11. The van der Waals surface area contributed by atoms with Gasteiger partial charge in [-0.15, -0.1) is 12.2 Å². The maximum atomic E-state index is 9.90. The summed E-state index contributed by atoms with van der Waals surface area (Å²) in [5.74, 6) is 0. The van der Waals surface area contributed by atoms with E-state index in [4.69, 9.17) is 0 Å². The molecule has 0 saturated carbocycles. The van der Waals surface area contributed by atoms with Crippen LogP contribution in [0.25, 0.3) is 0 Å². The fourth-order valence-electron chi connectivity index (χ4n) is 0. The second kappa shape index (κ2) is 13.3. The summed E-state index contributed by atoms with van der Waals surface area (Å²) in [6, 6.07) is 0. The van der Waals surface area contributed by atoms with Crippen LogP contribution in [-0.4, -0.2) is 36.1 Å². The van der Waals surface area contributed by atoms with E-state index in [9.17, 15) is 10.2 Å². The predicted octanol–water partition coefficient (Wildman–Crippen LogP) is -0.0904. The van der Waals surface area contributed by atoms with Crippen molar-refractivity contribution in [1.29, 1.82) is 0 Å². The second-order valence-electron chi connectivity index (χ2n) is 2.44. The Balaban J connectivity index is -0.000000107. The largest absolute Gasteiger partial charge is 2.00 e. The van der Waals surface area contributed by atoms with E-state index in [-0.39, 0.29) is 36.1 Å². The minimum atomic E-state index is -0.366. The molecule has 0 aliphatic carbocycles. The first-order valence-corrected chi connectivity index (χ1v) is 3.86. The zero-order valence-electron chi connectivity index (χ0n) is 7.89. The minimum Gasteiger partial charge on any atom is -0.852 e. The Bertz CT molecular complexity index is 48.1. The summed E-state index contributed by atoms with van der Waals surface area (Å²) in [7, 11) is 0. The normalized spacial score (nSPS) is 13.6. The van der Waals surface area contributed by atoms with Gasteiger partial charge in [0.2, 0.25) is 0 Å². The van der Waals surface area contributed by atoms with Crippen molar-refractivity contribution in [3.8, 4) is 0 Å². The maximum Gasteiger partial charge on any atom is 2.00 e. The third kappa shape index (κ3) is 36.6. The van der Waals surface area contributed by atoms with Crippen molar-refractivity contribution in [2.75, 3.05) is 0 Å². The molecule has 11 heavy (non-hydrogen) atoms. The fourth-order valence-corrected chi connectivity index (χ4v) is 0. The van der Waals surface area contributed by atoms with Gasteiger partial charge in [0.15, 0.2) is 0 Å². The van der Waals surface area contributed by atoms with Gasteiger partial charge in [0.25, 0.3) is 0 Å². The molecule has 2 atom stereocenters. The van der Waals surface area contributed by atoms with Crippen LogP contribution in [0.15, 0.2) is 0 Å². The van der Waals surface area contributed by atoms with Crippen molar-refractivity contribution in [2.45, 2.75) is 52.7 Å². The van der Waals surface area contributed by atoms with Crippen LogP contribution < -0.4 is 10.2 Å². The van der Waals surface area contributed by atoms with Crippen molar-refractivity contribution in [3.63, 3.8) is 0 Å². The number of hydrogen-bond acceptors (Lipinski definition) is 2. The van der Waals surface area contributed by atoms with Gasteiger partial charge in [-0.3, -0.25) is 0 Å². The average Bonchev–Trinajstić information content (AvgIpc) is 1.89. The molecule has 0 amide bonds. The van der Waals surface area contributed by atoms with Crippen LogP contribution in [-0.2, 0) is 0 Å². The van der Waals surface area contributed by atoms with E-state index in [0.717, 1.165) is 12.8 Å². The van der Waals surface area contributed by atoms with Crippen LogP contribution in [0.5, 0.6) is 0 Å². The van der Waals surface area contributed by atoms with Crippen LogP contribution >= 0.6 is 0 Å². The van der Waals surface area contributed by atoms with Gasteiger partial charge in [-0.2, -0.15) is 0 Å². The van der Waals surface area contributed by atoms with E-state index in [2.05, 4.69) is 0 Å². The molecule has 0 N–H and O–H groups in total. The smallest absolute Gasteiger partial charge is 0.852 e. The van der Waals surface area contributed by atoms with Gasteiger partial charge in [0.05, 0.1) is 0 Å². The maximum absolute atomic E-state index is 9.90. The molecule has 0 aliphatic rings. The molecule has 0 aromatic carbocycles. The molecule has 0 bridgehead atoms. The van der Waals surface area contributed by atoms with E-state index < -0.39 is 0 Å². The summed E-state index contributed by atoms with van der Waals surface area (Å²) < 4.78 is 0. The van der Waals surface area contributed by atoms with Crippen LogP contribution in [0, 0.1) is 0 Å². The topological polar surface area (TPSA) is 46.1 Å². The zero-order chi connectivity index (χ0) is 8.57. The van der Waals surface area contributed by atoms with Crippen molar-refractivity contribution >= 4 is 23.9 Å². The zero-order valence-corrected chi connectivity index (χ0v) is 10.7. The van der Waals surface area contributed by atoms with Crippen molar-refractivity contribution < 1.29 is 10.2 Å². The molecule has 66 valence electrons. The fraction of sp³-hybridized carbons (Fsp3) is 1.00. The first kappa shape index (κ1) is 17.7. The van der Waals surface area contributed by atoms with Gasteiger partial charge in [0.1, 0.15) is 0 Å². The Kier molecular flexibility index (Phi) is 21.4. The Morgan fingerprint density at radius 2 is 1.00 bits per heavy atom. The molecule has 2 nitrogen and oxygen atoms in total. The van der Waals surface area contributed by atoms with E-state index in [1.807, 2.05) is 13.8 Å². The molecule has 2 unspecified atom stereocenters. The van der Waals surface area contributed by atoms with Crippen LogP contribution in [0.1, 0.15) is 40.5 Å². The summed E-state index contributed by atoms with van der Waals surface area (Å²) in [5, 5.41) is 19.8. The molecule has 0 aliphatic heterocycles. The van der Waals surface area contributed by atoms with Crippen LogP contribution in [0.2, 0.25) is 0 Å². The first-order chi connectivity index (χ1) is 4.54. The quantitative estimate of drug-likeness (QED) is 0.655. The molecule has 0 heterocycles. The van der Waals surface area contributed by atoms with Crippen LogP contribution in [0.4, 0.5) is 0 Å². The molecule has 2 radical (unpaired) electrons. The molecule has 0 spiro atoms. The van der Waals surface area contributed by atoms with Crippen molar-refractivity contribution in [2.24, 2.45) is 0 Å². The van der Waals surface area contributed by atoms with Gasteiger partial charge in [-0.05, 0) is 0 Å². The van der Waals surface area contributed by atoms with Gasteiger partial charge >= 0.3 is 23.9 Å². The Morgan fingerprint density at radius 3 is 1.00 bits per heavy atom. The Labute approximate surface area is 87.0 Å². The van der Waals surface area contributed by atoms with Gasteiger partial charge in [-0.25, -0.2) is 0 Å². The summed E-state index contributed by atoms with van der Waals surface area (Å²) in [5.41, 5.74) is 0. The van der Waals surface area contributed by atoms with Gasteiger partial charge in [0, 0.05) is 0 Å². The predicted molar refractivity (Wildman–Crippen MR) is 45.3 cm³/mol. The van der Waals surface area contributed by atoms with Crippen molar-refractivity contribution in [3.05, 3.63) is 0 Å². The van der Waals surface area contributed by atoms with Gasteiger partial charge < -0.3 is 10.2 Å². The molecule has 0 aromatic rings. The standard InChI is InChI=1S/2C4H9O.Sn/c2*1-3-4(2)5;/h2*4H,3H2,1-2H3;/q2*-1;+2. The number of rotatable bonds is 2. The van der Waals surface area contributed by atoms with Crippen LogP contribution in [0.3, 0.4) is 0 Å². The summed E-state index contributed by atoms with van der Waals surface area (Å²) in [6.07, 6.45) is 0.769. The monoisotopic (exact) mass is 266 g/mol. The van der Waals surface area contributed by atoms with E-state index in [0.29, 0.717) is 0 Å². The van der Waals surface area contributed by atoms with Crippen molar-refractivity contribution in [1.82, 2.24) is 0 Å². The van der Waals surface area contributed by atoms with E-state index in [1.165, 1.54) is 0 Å². The third-order valence-electron chi connectivity index (χ3n) is 1.15. The minimum absolute atomic E-state index is 0. The molecular formula is C8H18O2Sn. The van der Waals surface area contributed by atoms with Gasteiger partial charge in [-0.1, -0.05) is 40.5 Å². The third-order valence-corrected chi connectivity index (χ3v) is 1.15. The molecule has 0 aromatic heterocycles. The Morgan fingerprint density at radius 1 is 0.909 bits per heavy atom. The summed E-state index contributed by atoms with van der Waals surface area (Å²) >= 11 is 0. The number of hydrogen-bond donors (Lipinski definition) is 0. The Hall–Kier alpha value is 0.719. The summed E-state index contributed by atoms with van der Waals surface area (Å²) in [4.78, 5) is 0. The van der Waals surface area contributed by atoms with E-state index >= 15 is 0 Å². The van der Waals surface area contributed by atoms with E-state index in [1.54, 1.807) is 13.8 Å². The SMILES string of the molecule is CCC(C)[O-].CCC(C)[O-].[Sn+2].